The molecule has 2 N–H and O–H groups in total. The number of rotatable bonds is 3. The van der Waals surface area contributed by atoms with E-state index in [1.165, 1.54) is 0 Å². The van der Waals surface area contributed by atoms with Crippen molar-refractivity contribution in [1.29, 1.82) is 0 Å². The van der Waals surface area contributed by atoms with Crippen LogP contribution in [-0.2, 0) is 0 Å². The number of anilines is 1. The van der Waals surface area contributed by atoms with Gasteiger partial charge in [-0.25, -0.2) is 0 Å². The molecule has 0 saturated carbocycles. The first-order chi connectivity index (χ1) is 11.2. The summed E-state index contributed by atoms with van der Waals surface area (Å²) < 4.78 is 0. The van der Waals surface area contributed by atoms with Crippen molar-refractivity contribution in [3.63, 3.8) is 0 Å². The lowest BCUT2D eigenvalue weighted by Crippen LogP contribution is -2.40. The number of nitrogens with two attached hydrogens (primary N) is 1. The number of ketones is 1. The molecule has 23 heavy (non-hydrogen) atoms. The number of piperidine rings is 1. The van der Waals surface area contributed by atoms with Gasteiger partial charge in [0.05, 0.1) is 5.56 Å². The molecule has 1 aliphatic rings. The second-order valence-corrected chi connectivity index (χ2v) is 5.88. The van der Waals surface area contributed by atoms with Gasteiger partial charge in [-0.1, -0.05) is 42.5 Å². The summed E-state index contributed by atoms with van der Waals surface area (Å²) in [7, 11) is 0. The van der Waals surface area contributed by atoms with Gasteiger partial charge in [0.15, 0.2) is 5.78 Å². The molecule has 1 aliphatic heterocycles. The Labute approximate surface area is 135 Å². The number of carbonyl (C=O) groups is 2. The minimum atomic E-state index is -0.0475. The monoisotopic (exact) mass is 308 g/mol. The van der Waals surface area contributed by atoms with Gasteiger partial charge < -0.3 is 10.6 Å². The molecule has 118 valence electrons. The number of nitrogen functional groups attached to an aromatic ring is 1. The second-order valence-electron chi connectivity index (χ2n) is 5.88. The summed E-state index contributed by atoms with van der Waals surface area (Å²) in [6.07, 6.45) is 1.40. The summed E-state index contributed by atoms with van der Waals surface area (Å²) in [5.74, 6) is 0.125. The highest BCUT2D eigenvalue weighted by molar-refractivity contribution is 6.00. The van der Waals surface area contributed by atoms with Crippen LogP contribution in [-0.4, -0.2) is 29.7 Å². The molecule has 1 saturated heterocycles. The molecule has 0 atom stereocenters. The first-order valence-corrected chi connectivity index (χ1v) is 7.90. The Morgan fingerprint density at radius 2 is 1.52 bits per heavy atom. The van der Waals surface area contributed by atoms with E-state index >= 15 is 0 Å². The molecule has 3 rings (SSSR count). The number of hydrogen-bond donors (Lipinski definition) is 1. The third-order valence-corrected chi connectivity index (χ3v) is 4.40. The van der Waals surface area contributed by atoms with E-state index in [0.29, 0.717) is 37.2 Å². The molecule has 1 heterocycles. The predicted molar refractivity (Wildman–Crippen MR) is 90.3 cm³/mol. The Morgan fingerprint density at radius 1 is 0.913 bits per heavy atom. The first kappa shape index (κ1) is 15.3. The van der Waals surface area contributed by atoms with E-state index in [1.807, 2.05) is 42.5 Å². The largest absolute Gasteiger partial charge is 0.398 e. The van der Waals surface area contributed by atoms with Crippen molar-refractivity contribution in [1.82, 2.24) is 4.90 Å². The molecule has 4 nitrogen and oxygen atoms in total. The Kier molecular flexibility index (Phi) is 4.42. The topological polar surface area (TPSA) is 63.4 Å². The van der Waals surface area contributed by atoms with Crippen molar-refractivity contribution in [2.75, 3.05) is 18.8 Å². The Bertz CT molecular complexity index is 704. The van der Waals surface area contributed by atoms with Crippen LogP contribution in [0.4, 0.5) is 5.69 Å². The SMILES string of the molecule is Nc1ccccc1C(=O)N1CCC(C(=O)c2ccccc2)CC1. The number of hydrogen-bond acceptors (Lipinski definition) is 3. The fraction of sp³-hybridized carbons (Fsp3) is 0.263. The van der Waals surface area contributed by atoms with Gasteiger partial charge in [0.2, 0.25) is 0 Å². The van der Waals surface area contributed by atoms with Gasteiger partial charge in [0.1, 0.15) is 0 Å². The first-order valence-electron chi connectivity index (χ1n) is 7.90. The van der Waals surface area contributed by atoms with E-state index < -0.39 is 0 Å². The van der Waals surface area contributed by atoms with Crippen LogP contribution in [0, 0.1) is 5.92 Å². The zero-order valence-corrected chi connectivity index (χ0v) is 12.9. The number of likely N-dealkylation sites (tertiary alicyclic amines) is 1. The Morgan fingerprint density at radius 3 is 2.17 bits per heavy atom. The Balaban J connectivity index is 1.64. The second kappa shape index (κ2) is 6.65. The minimum Gasteiger partial charge on any atom is -0.398 e. The lowest BCUT2D eigenvalue weighted by Gasteiger charge is -2.31. The lowest BCUT2D eigenvalue weighted by molar-refractivity contribution is 0.0651. The third-order valence-electron chi connectivity index (χ3n) is 4.40. The minimum absolute atomic E-state index is 0.00503. The fourth-order valence-corrected chi connectivity index (χ4v) is 3.05. The zero-order valence-electron chi connectivity index (χ0n) is 12.9. The van der Waals surface area contributed by atoms with Gasteiger partial charge >= 0.3 is 0 Å². The molecular weight excluding hydrogens is 288 g/mol. The molecule has 4 heteroatoms. The maximum atomic E-state index is 12.5. The Hall–Kier alpha value is -2.62. The highest BCUT2D eigenvalue weighted by atomic mass is 16.2. The van der Waals surface area contributed by atoms with Crippen LogP contribution in [0.2, 0.25) is 0 Å². The van der Waals surface area contributed by atoms with E-state index in [4.69, 9.17) is 5.73 Å². The van der Waals surface area contributed by atoms with Crippen molar-refractivity contribution in [2.24, 2.45) is 5.92 Å². The standard InChI is InChI=1S/C19H20N2O2/c20-17-9-5-4-8-16(17)19(23)21-12-10-15(11-13-21)18(22)14-6-2-1-3-7-14/h1-9,15H,10-13,20H2. The summed E-state index contributed by atoms with van der Waals surface area (Å²) in [4.78, 5) is 26.8. The molecule has 1 fully saturated rings. The van der Waals surface area contributed by atoms with Crippen LogP contribution >= 0.6 is 0 Å². The van der Waals surface area contributed by atoms with Crippen LogP contribution in [0.15, 0.2) is 54.6 Å². The highest BCUT2D eigenvalue weighted by Gasteiger charge is 2.28. The van der Waals surface area contributed by atoms with E-state index in [1.54, 1.807) is 17.0 Å². The molecule has 1 amide bonds. The van der Waals surface area contributed by atoms with Gasteiger partial charge in [-0.15, -0.1) is 0 Å². The maximum Gasteiger partial charge on any atom is 0.255 e. The normalized spacial score (nSPS) is 15.4. The average Bonchev–Trinajstić information content (AvgIpc) is 2.62. The van der Waals surface area contributed by atoms with Crippen molar-refractivity contribution >= 4 is 17.4 Å². The van der Waals surface area contributed by atoms with E-state index in [-0.39, 0.29) is 17.6 Å². The van der Waals surface area contributed by atoms with Crippen molar-refractivity contribution in [3.05, 3.63) is 65.7 Å². The highest BCUT2D eigenvalue weighted by Crippen LogP contribution is 2.24. The quantitative estimate of drug-likeness (QED) is 0.700. The van der Waals surface area contributed by atoms with Crippen molar-refractivity contribution in [3.8, 4) is 0 Å². The van der Waals surface area contributed by atoms with Gasteiger partial charge in [0.25, 0.3) is 5.91 Å². The van der Waals surface area contributed by atoms with E-state index in [9.17, 15) is 9.59 Å². The maximum absolute atomic E-state index is 12.5. The summed E-state index contributed by atoms with van der Waals surface area (Å²) >= 11 is 0. The van der Waals surface area contributed by atoms with Crippen LogP contribution in [0.3, 0.4) is 0 Å². The molecule has 0 bridgehead atoms. The number of amides is 1. The van der Waals surface area contributed by atoms with Gasteiger partial charge in [0, 0.05) is 30.3 Å². The van der Waals surface area contributed by atoms with Crippen LogP contribution < -0.4 is 5.73 Å². The number of carbonyl (C=O) groups excluding carboxylic acids is 2. The molecule has 0 radical (unpaired) electrons. The van der Waals surface area contributed by atoms with Crippen LogP contribution in [0.25, 0.3) is 0 Å². The van der Waals surface area contributed by atoms with Crippen LogP contribution in [0.1, 0.15) is 33.6 Å². The number of para-hydroxylation sites is 1. The van der Waals surface area contributed by atoms with Crippen LogP contribution in [0.5, 0.6) is 0 Å². The predicted octanol–water partition coefficient (Wildman–Crippen LogP) is 3.00. The zero-order chi connectivity index (χ0) is 16.2. The molecule has 2 aromatic rings. The summed E-state index contributed by atoms with van der Waals surface area (Å²) in [5.41, 5.74) is 7.67. The lowest BCUT2D eigenvalue weighted by atomic mass is 9.88. The number of Topliss-reactive ketones (excluding diaryl/α,β-unsaturated/α-hetero) is 1. The molecule has 0 unspecified atom stereocenters. The average molecular weight is 308 g/mol. The number of nitrogens with zero attached hydrogens (tertiary/aromatic N) is 1. The van der Waals surface area contributed by atoms with E-state index in [2.05, 4.69) is 0 Å². The molecule has 0 aliphatic carbocycles. The molecule has 2 aromatic carbocycles. The van der Waals surface area contributed by atoms with Crippen molar-refractivity contribution in [2.45, 2.75) is 12.8 Å². The fourth-order valence-electron chi connectivity index (χ4n) is 3.05. The third kappa shape index (κ3) is 3.26. The van der Waals surface area contributed by atoms with Gasteiger partial charge in [-0.05, 0) is 25.0 Å². The van der Waals surface area contributed by atoms with Gasteiger partial charge in [-0.2, -0.15) is 0 Å². The van der Waals surface area contributed by atoms with Crippen molar-refractivity contribution < 1.29 is 9.59 Å². The number of benzene rings is 2. The molecular formula is C19H20N2O2. The summed E-state index contributed by atoms with van der Waals surface area (Å²) in [6.45, 7) is 1.19. The van der Waals surface area contributed by atoms with E-state index in [0.717, 1.165) is 5.56 Å². The summed E-state index contributed by atoms with van der Waals surface area (Å²) in [5, 5.41) is 0. The smallest absolute Gasteiger partial charge is 0.255 e. The van der Waals surface area contributed by atoms with Gasteiger partial charge in [-0.3, -0.25) is 9.59 Å². The molecule has 0 spiro atoms. The molecule has 0 aromatic heterocycles. The summed E-state index contributed by atoms with van der Waals surface area (Å²) in [6, 6.07) is 16.5.